The van der Waals surface area contributed by atoms with Gasteiger partial charge in [0.25, 0.3) is 0 Å². The second-order valence-corrected chi connectivity index (χ2v) is 17.4. The van der Waals surface area contributed by atoms with Crippen LogP contribution in [-0.2, 0) is 22.7 Å². The maximum atomic E-state index is 13.9. The van der Waals surface area contributed by atoms with Gasteiger partial charge in [0.15, 0.2) is 0 Å². The van der Waals surface area contributed by atoms with Crippen molar-refractivity contribution in [2.45, 2.75) is 77.8 Å². The number of methoxy groups -OCH3 is 2. The standard InChI is InChI=1S/C40H54N8O4S2/c1-25(2)19-33-37-43-31(27-11-7-9-13-35(27)51-5)21-45(37)15-17-47(33)39(49)29(41)23-53-54-24-30(42)40(50)48-18-16-46-22-32(28-12-8-10-14-36(28)52-6)44-38(46)34(48)20-26(3)4/h7-14,21-22,25-26,29-30,33-34H,15-20,23-24,41-42H2,1-6H3/t29-,30-,33-,34-/m0/s1. The molecule has 0 aliphatic carbocycles. The Morgan fingerprint density at radius 2 is 1.07 bits per heavy atom. The van der Waals surface area contributed by atoms with Crippen molar-refractivity contribution < 1.29 is 19.1 Å². The molecule has 6 rings (SSSR count). The summed E-state index contributed by atoms with van der Waals surface area (Å²) in [5.74, 6) is 4.58. The van der Waals surface area contributed by atoms with Crippen LogP contribution in [0.1, 0.15) is 64.3 Å². The predicted molar refractivity (Wildman–Crippen MR) is 217 cm³/mol. The van der Waals surface area contributed by atoms with E-state index in [1.165, 1.54) is 21.6 Å². The van der Waals surface area contributed by atoms with Gasteiger partial charge >= 0.3 is 0 Å². The summed E-state index contributed by atoms with van der Waals surface area (Å²) in [6, 6.07) is 13.9. The predicted octanol–water partition coefficient (Wildman–Crippen LogP) is 6.03. The third-order valence-corrected chi connectivity index (χ3v) is 12.5. The normalized spacial score (nSPS) is 18.0. The van der Waals surface area contributed by atoms with Crippen LogP contribution in [0.25, 0.3) is 22.5 Å². The highest BCUT2D eigenvalue weighted by Gasteiger charge is 2.37. The molecule has 2 aliphatic rings. The third-order valence-electron chi connectivity index (χ3n) is 10.1. The lowest BCUT2D eigenvalue weighted by atomic mass is 9.99. The Bertz CT molecular complexity index is 1780. The molecule has 2 aliphatic heterocycles. The Morgan fingerprint density at radius 1 is 0.685 bits per heavy atom. The zero-order valence-electron chi connectivity index (χ0n) is 32.2. The van der Waals surface area contributed by atoms with E-state index in [0.717, 1.165) is 58.5 Å². The molecule has 0 radical (unpaired) electrons. The Kier molecular flexibility index (Phi) is 13.0. The fourth-order valence-corrected chi connectivity index (χ4v) is 9.67. The van der Waals surface area contributed by atoms with Crippen molar-refractivity contribution in [3.05, 3.63) is 72.6 Å². The molecule has 4 N–H and O–H groups in total. The monoisotopic (exact) mass is 774 g/mol. The molecule has 2 aromatic heterocycles. The fourth-order valence-electron chi connectivity index (χ4n) is 7.44. The van der Waals surface area contributed by atoms with Gasteiger partial charge in [-0.15, -0.1) is 0 Å². The number of carbonyl (C=O) groups excluding carboxylic acids is 2. The molecule has 12 nitrogen and oxygen atoms in total. The molecule has 0 saturated heterocycles. The van der Waals surface area contributed by atoms with Gasteiger partial charge in [0.2, 0.25) is 11.8 Å². The fraction of sp³-hybridized carbons (Fsp3) is 0.500. The van der Waals surface area contributed by atoms with E-state index >= 15 is 0 Å². The van der Waals surface area contributed by atoms with Gasteiger partial charge in [0.1, 0.15) is 23.1 Å². The zero-order chi connectivity index (χ0) is 38.5. The van der Waals surface area contributed by atoms with Crippen LogP contribution in [0.2, 0.25) is 0 Å². The number of rotatable bonds is 15. The number of nitrogens with zero attached hydrogens (tertiary/aromatic N) is 6. The van der Waals surface area contributed by atoms with Crippen LogP contribution >= 0.6 is 21.6 Å². The topological polar surface area (TPSA) is 147 Å². The molecule has 2 amide bonds. The van der Waals surface area contributed by atoms with Crippen molar-refractivity contribution in [1.82, 2.24) is 28.9 Å². The number of imidazole rings is 2. The largest absolute Gasteiger partial charge is 0.496 e. The highest BCUT2D eigenvalue weighted by molar-refractivity contribution is 8.76. The van der Waals surface area contributed by atoms with Crippen molar-refractivity contribution in [3.8, 4) is 34.0 Å². The van der Waals surface area contributed by atoms with Crippen LogP contribution in [0.15, 0.2) is 60.9 Å². The summed E-state index contributed by atoms with van der Waals surface area (Å²) in [6.45, 7) is 11.0. The number of nitrogens with two attached hydrogens (primary N) is 2. The Morgan fingerprint density at radius 3 is 1.44 bits per heavy atom. The SMILES string of the molecule is COc1ccccc1-c1cn2c(n1)[C@H](CC(C)C)N(C(=O)[C@@H](N)CSSC[C@H](N)C(=O)N1CCn3cc(-c4ccccc4OC)nc3[C@@H]1CC(C)C)CC2. The van der Waals surface area contributed by atoms with Crippen LogP contribution in [-0.4, -0.2) is 91.6 Å². The summed E-state index contributed by atoms with van der Waals surface area (Å²) in [5, 5.41) is 0. The highest BCUT2D eigenvalue weighted by atomic mass is 33.1. The van der Waals surface area contributed by atoms with E-state index in [0.29, 0.717) is 49.5 Å². The third kappa shape index (κ3) is 8.61. The second kappa shape index (κ2) is 17.7. The molecule has 0 spiro atoms. The summed E-state index contributed by atoms with van der Waals surface area (Å²) >= 11 is 0. The Balaban J connectivity index is 1.06. The zero-order valence-corrected chi connectivity index (χ0v) is 33.8. The van der Waals surface area contributed by atoms with Gasteiger partial charge in [0.05, 0.1) is 49.8 Å². The van der Waals surface area contributed by atoms with E-state index in [1.807, 2.05) is 58.3 Å². The molecule has 0 fully saturated rings. The number of fused-ring (bicyclic) bond motifs is 2. The van der Waals surface area contributed by atoms with E-state index in [9.17, 15) is 9.59 Å². The maximum absolute atomic E-state index is 13.9. The first kappa shape index (κ1) is 39.7. The van der Waals surface area contributed by atoms with Gasteiger partial charge in [-0.1, -0.05) is 73.5 Å². The number of ether oxygens (including phenoxy) is 2. The molecule has 54 heavy (non-hydrogen) atoms. The summed E-state index contributed by atoms with van der Waals surface area (Å²) in [7, 11) is 6.29. The minimum atomic E-state index is -0.701. The molecule has 4 aromatic rings. The summed E-state index contributed by atoms with van der Waals surface area (Å²) < 4.78 is 15.5. The molecule has 0 bridgehead atoms. The average Bonchev–Trinajstić information content (AvgIpc) is 3.81. The van der Waals surface area contributed by atoms with E-state index in [-0.39, 0.29) is 23.9 Å². The van der Waals surface area contributed by atoms with Crippen LogP contribution in [0.4, 0.5) is 0 Å². The number of benzene rings is 2. The minimum absolute atomic E-state index is 0.0879. The quantitative estimate of drug-likeness (QED) is 0.109. The molecule has 0 unspecified atom stereocenters. The summed E-state index contributed by atoms with van der Waals surface area (Å²) in [5.41, 5.74) is 16.6. The second-order valence-electron chi connectivity index (χ2n) is 14.9. The molecule has 0 saturated carbocycles. The van der Waals surface area contributed by atoms with Crippen molar-refractivity contribution >= 4 is 33.4 Å². The lowest BCUT2D eigenvalue weighted by Crippen LogP contribution is -2.50. The molecule has 290 valence electrons. The molecule has 2 aromatic carbocycles. The number of carbonyl (C=O) groups is 2. The maximum Gasteiger partial charge on any atom is 0.241 e. The van der Waals surface area contributed by atoms with Crippen molar-refractivity contribution in [3.63, 3.8) is 0 Å². The first-order valence-electron chi connectivity index (χ1n) is 18.8. The van der Waals surface area contributed by atoms with Gasteiger partial charge in [-0.05, 0) is 48.9 Å². The minimum Gasteiger partial charge on any atom is -0.496 e. The Labute approximate surface area is 326 Å². The molecule has 4 heterocycles. The van der Waals surface area contributed by atoms with Crippen molar-refractivity contribution in [2.75, 3.05) is 38.8 Å². The van der Waals surface area contributed by atoms with Gasteiger partial charge in [-0.3, -0.25) is 9.59 Å². The van der Waals surface area contributed by atoms with Gasteiger partial charge in [0, 0.05) is 61.2 Å². The molecular formula is C40H54N8O4S2. The smallest absolute Gasteiger partial charge is 0.241 e. The first-order chi connectivity index (χ1) is 26.0. The van der Waals surface area contributed by atoms with Crippen LogP contribution in [0.5, 0.6) is 11.5 Å². The first-order valence-corrected chi connectivity index (χ1v) is 21.3. The van der Waals surface area contributed by atoms with E-state index in [2.05, 4.69) is 49.2 Å². The van der Waals surface area contributed by atoms with Gasteiger partial charge < -0.3 is 39.9 Å². The van der Waals surface area contributed by atoms with Crippen molar-refractivity contribution in [1.29, 1.82) is 0 Å². The van der Waals surface area contributed by atoms with E-state index in [4.69, 9.17) is 30.9 Å². The number of hydrogen-bond acceptors (Lipinski definition) is 10. The highest BCUT2D eigenvalue weighted by Crippen LogP contribution is 2.38. The van der Waals surface area contributed by atoms with Crippen LogP contribution in [0.3, 0.4) is 0 Å². The van der Waals surface area contributed by atoms with E-state index < -0.39 is 12.1 Å². The molecule has 4 atom stereocenters. The van der Waals surface area contributed by atoms with Gasteiger partial charge in [-0.2, -0.15) is 0 Å². The molecule has 14 heteroatoms. The van der Waals surface area contributed by atoms with E-state index in [1.54, 1.807) is 14.2 Å². The number of aromatic nitrogens is 4. The summed E-state index contributed by atoms with van der Waals surface area (Å²) in [4.78, 5) is 41.7. The lowest BCUT2D eigenvalue weighted by molar-refractivity contribution is -0.137. The Hall–Kier alpha value is -3.98. The number of amides is 2. The lowest BCUT2D eigenvalue weighted by Gasteiger charge is -2.38. The van der Waals surface area contributed by atoms with Gasteiger partial charge in [-0.25, -0.2) is 9.97 Å². The van der Waals surface area contributed by atoms with Crippen molar-refractivity contribution in [2.24, 2.45) is 23.3 Å². The summed E-state index contributed by atoms with van der Waals surface area (Å²) in [6.07, 6.45) is 5.66. The molecular weight excluding hydrogens is 721 g/mol. The average molecular weight is 775 g/mol. The van der Waals surface area contributed by atoms with Crippen LogP contribution < -0.4 is 20.9 Å². The number of hydrogen-bond donors (Lipinski definition) is 2. The van der Waals surface area contributed by atoms with Crippen LogP contribution in [0, 0.1) is 11.8 Å². The number of para-hydroxylation sites is 2.